The summed E-state index contributed by atoms with van der Waals surface area (Å²) in [7, 11) is 0. The highest BCUT2D eigenvalue weighted by Crippen LogP contribution is 2.51. The van der Waals surface area contributed by atoms with Crippen LogP contribution in [-0.4, -0.2) is 6.71 Å². The van der Waals surface area contributed by atoms with Crippen molar-refractivity contribution in [2.24, 2.45) is 0 Å². The number of hydrogen-bond donors (Lipinski definition) is 0. The molecule has 0 unspecified atom stereocenters. The van der Waals surface area contributed by atoms with Crippen LogP contribution in [0.5, 0.6) is 0 Å². The van der Waals surface area contributed by atoms with Crippen molar-refractivity contribution in [3.05, 3.63) is 253 Å². The Labute approximate surface area is 462 Å². The van der Waals surface area contributed by atoms with E-state index in [0.717, 1.165) is 28.4 Å². The minimum atomic E-state index is -0.186. The Bertz CT molecular complexity index is 4030. The maximum Gasteiger partial charge on any atom is 0.252 e. The zero-order valence-corrected chi connectivity index (χ0v) is 46.4. The average molecular weight is 1010 g/mol. The van der Waals surface area contributed by atoms with Gasteiger partial charge in [-0.1, -0.05) is 220 Å². The number of para-hydroxylation sites is 2. The first kappa shape index (κ1) is 49.0. The lowest BCUT2D eigenvalue weighted by Crippen LogP contribution is -2.61. The van der Waals surface area contributed by atoms with Gasteiger partial charge < -0.3 is 14.7 Å². The Morgan fingerprint density at radius 3 is 1.24 bits per heavy atom. The zero-order valence-electron chi connectivity index (χ0n) is 46.4. The Morgan fingerprint density at radius 2 is 0.718 bits per heavy atom. The minimum absolute atomic E-state index is 0.00170. The molecule has 0 atom stereocenters. The topological polar surface area (TPSA) is 9.72 Å². The van der Waals surface area contributed by atoms with E-state index in [0.29, 0.717) is 0 Å². The van der Waals surface area contributed by atoms with E-state index in [4.69, 9.17) is 0 Å². The number of rotatable bonds is 7. The van der Waals surface area contributed by atoms with Gasteiger partial charge >= 0.3 is 0 Å². The maximum absolute atomic E-state index is 2.63. The van der Waals surface area contributed by atoms with E-state index < -0.39 is 0 Å². The Balaban J connectivity index is 1.13. The van der Waals surface area contributed by atoms with Crippen molar-refractivity contribution >= 4 is 95.8 Å². The second-order valence-electron chi connectivity index (χ2n) is 24.6. The lowest BCUT2D eigenvalue weighted by atomic mass is 9.33. The number of hydrogen-bond acceptors (Lipinski definition) is 3. The van der Waals surface area contributed by atoms with E-state index in [1.807, 2.05) is 0 Å². The Hall–Kier alpha value is -8.60. The zero-order chi connectivity index (χ0) is 53.7. The molecule has 3 nitrogen and oxygen atoms in total. The molecule has 78 heavy (non-hydrogen) atoms. The Kier molecular flexibility index (Phi) is 11.7. The predicted octanol–water partition coefficient (Wildman–Crippen LogP) is 18.8. The summed E-state index contributed by atoms with van der Waals surface area (Å²) in [6, 6.07) is 89.0. The standard InChI is InChI=1S/C74H66BN3/c1-72(2,3)51-34-37-56(38-35-51)77-66-48-58(76(54-28-18-12-19-29-54)55-30-20-13-21-31-55)40-43-64(66)75-63-42-36-52(73(4,5)6)44-65(63)78(68-46-53(74(7,8)9)45-67(77)71(68)75)57-39-41-61-62(47-57)70(50-26-16-11-17-27-50)60-33-23-22-32-59(60)69(61)49-24-14-10-15-25-49/h10-48H,1-9H3. The molecule has 0 radical (unpaired) electrons. The third-order valence-corrected chi connectivity index (χ3v) is 16.5. The molecule has 0 aromatic heterocycles. The summed E-state index contributed by atoms with van der Waals surface area (Å²) in [5.41, 5.74) is 22.9. The number of anilines is 9. The SMILES string of the molecule is CC(C)(C)c1ccc(N2c3cc(N(c4ccccc4)c4ccccc4)ccc3B3c4ccc(C(C)(C)C)cc4N(c4ccc5c(-c6ccccc6)c6ccccc6c(-c6ccccc6)c5c4)c4cc(C(C)(C)C)cc2c43)cc1. The average Bonchev–Trinajstić information content (AvgIpc) is 3.51. The first-order chi connectivity index (χ1) is 37.6. The molecule has 2 aliphatic heterocycles. The molecule has 0 amide bonds. The molecule has 0 aliphatic carbocycles. The number of fused-ring (bicyclic) bond motifs is 6. The minimum Gasteiger partial charge on any atom is -0.311 e. The molecule has 11 aromatic carbocycles. The smallest absolute Gasteiger partial charge is 0.252 e. The van der Waals surface area contributed by atoms with Gasteiger partial charge in [-0.15, -0.1) is 0 Å². The summed E-state index contributed by atoms with van der Waals surface area (Å²) in [5.74, 6) is 0. The van der Waals surface area contributed by atoms with Crippen molar-refractivity contribution in [3.63, 3.8) is 0 Å². The van der Waals surface area contributed by atoms with Crippen LogP contribution in [0.4, 0.5) is 51.2 Å². The van der Waals surface area contributed by atoms with Gasteiger partial charge in [0.25, 0.3) is 6.71 Å². The van der Waals surface area contributed by atoms with Crippen molar-refractivity contribution in [2.75, 3.05) is 14.7 Å². The van der Waals surface area contributed by atoms with E-state index in [9.17, 15) is 0 Å². The summed E-state index contributed by atoms with van der Waals surface area (Å²) in [4.78, 5) is 7.62. The van der Waals surface area contributed by atoms with E-state index in [2.05, 4.69) is 314 Å². The predicted molar refractivity (Wildman–Crippen MR) is 337 cm³/mol. The quantitative estimate of drug-likeness (QED) is 0.116. The maximum atomic E-state index is 2.63. The fourth-order valence-corrected chi connectivity index (χ4v) is 12.4. The van der Waals surface area contributed by atoms with Crippen LogP contribution in [0.1, 0.15) is 79.0 Å². The van der Waals surface area contributed by atoms with Crippen LogP contribution in [0.2, 0.25) is 0 Å². The highest BCUT2D eigenvalue weighted by atomic mass is 15.2. The van der Waals surface area contributed by atoms with E-state index in [-0.39, 0.29) is 23.0 Å². The lowest BCUT2D eigenvalue weighted by molar-refractivity contribution is 0.589. The summed E-state index contributed by atoms with van der Waals surface area (Å²) in [6.45, 7) is 21.0. The number of nitrogens with zero attached hydrogens (tertiary/aromatic N) is 3. The summed E-state index contributed by atoms with van der Waals surface area (Å²) < 4.78 is 0. The molecular formula is C74H66BN3. The third-order valence-electron chi connectivity index (χ3n) is 16.5. The van der Waals surface area contributed by atoms with Gasteiger partial charge in [0.15, 0.2) is 0 Å². The molecule has 13 rings (SSSR count). The molecule has 2 heterocycles. The molecule has 11 aromatic rings. The molecular weight excluding hydrogens is 942 g/mol. The van der Waals surface area contributed by atoms with Crippen molar-refractivity contribution in [3.8, 4) is 22.3 Å². The van der Waals surface area contributed by atoms with Crippen LogP contribution >= 0.6 is 0 Å². The molecule has 2 aliphatic rings. The van der Waals surface area contributed by atoms with Crippen LogP contribution in [-0.2, 0) is 16.2 Å². The first-order valence-corrected chi connectivity index (χ1v) is 27.8. The van der Waals surface area contributed by atoms with E-state index >= 15 is 0 Å². The highest BCUT2D eigenvalue weighted by Gasteiger charge is 2.45. The van der Waals surface area contributed by atoms with Gasteiger partial charge in [0.2, 0.25) is 0 Å². The van der Waals surface area contributed by atoms with Gasteiger partial charge in [-0.05, 0) is 172 Å². The lowest BCUT2D eigenvalue weighted by Gasteiger charge is -2.45. The van der Waals surface area contributed by atoms with Crippen LogP contribution in [0.15, 0.2) is 237 Å². The van der Waals surface area contributed by atoms with Crippen molar-refractivity contribution < 1.29 is 0 Å². The molecule has 0 bridgehead atoms. The molecule has 0 N–H and O–H groups in total. The van der Waals surface area contributed by atoms with Gasteiger partial charge in [-0.2, -0.15) is 0 Å². The van der Waals surface area contributed by atoms with Crippen molar-refractivity contribution in [1.29, 1.82) is 0 Å². The molecule has 0 saturated carbocycles. The fourth-order valence-electron chi connectivity index (χ4n) is 12.4. The van der Waals surface area contributed by atoms with Crippen LogP contribution in [0.3, 0.4) is 0 Å². The van der Waals surface area contributed by atoms with Crippen LogP contribution in [0.25, 0.3) is 43.8 Å². The van der Waals surface area contributed by atoms with Gasteiger partial charge in [0.05, 0.1) is 0 Å². The highest BCUT2D eigenvalue weighted by molar-refractivity contribution is 7.00. The summed E-state index contributed by atoms with van der Waals surface area (Å²) in [5, 5.41) is 4.97. The van der Waals surface area contributed by atoms with Crippen molar-refractivity contribution in [2.45, 2.75) is 78.6 Å². The van der Waals surface area contributed by atoms with Gasteiger partial charge in [-0.25, -0.2) is 0 Å². The molecule has 0 saturated heterocycles. The van der Waals surface area contributed by atoms with Gasteiger partial charge in [-0.3, -0.25) is 0 Å². The second-order valence-corrected chi connectivity index (χ2v) is 24.6. The molecule has 380 valence electrons. The fraction of sp³-hybridized carbons (Fsp3) is 0.162. The van der Waals surface area contributed by atoms with Gasteiger partial charge in [0.1, 0.15) is 0 Å². The van der Waals surface area contributed by atoms with Gasteiger partial charge in [0, 0.05) is 51.2 Å². The van der Waals surface area contributed by atoms with E-state index in [1.54, 1.807) is 0 Å². The summed E-state index contributed by atoms with van der Waals surface area (Å²) in [6.07, 6.45) is 0. The van der Waals surface area contributed by atoms with Crippen LogP contribution in [0, 0.1) is 0 Å². The monoisotopic (exact) mass is 1010 g/mol. The second kappa shape index (κ2) is 18.6. The Morgan fingerprint density at radius 1 is 0.308 bits per heavy atom. The number of benzene rings is 11. The van der Waals surface area contributed by atoms with Crippen LogP contribution < -0.4 is 31.1 Å². The molecule has 0 spiro atoms. The molecule has 0 fully saturated rings. The summed E-state index contributed by atoms with van der Waals surface area (Å²) >= 11 is 0. The third kappa shape index (κ3) is 8.29. The normalized spacial score (nSPS) is 13.1. The van der Waals surface area contributed by atoms with Crippen molar-refractivity contribution in [1.82, 2.24) is 0 Å². The molecule has 4 heteroatoms. The first-order valence-electron chi connectivity index (χ1n) is 27.8. The largest absolute Gasteiger partial charge is 0.311 e. The van der Waals surface area contributed by atoms with E-state index in [1.165, 1.54) is 99.6 Å².